The summed E-state index contributed by atoms with van der Waals surface area (Å²) >= 11 is 3.16. The molecule has 2 aromatic rings. The third kappa shape index (κ3) is 3.78. The predicted molar refractivity (Wildman–Crippen MR) is 81.5 cm³/mol. The fourth-order valence-electron chi connectivity index (χ4n) is 1.76. The second-order valence-electron chi connectivity index (χ2n) is 4.43. The lowest BCUT2D eigenvalue weighted by Crippen LogP contribution is -2.27. The van der Waals surface area contributed by atoms with Crippen molar-refractivity contribution in [3.63, 3.8) is 0 Å². The zero-order valence-electron chi connectivity index (χ0n) is 11.0. The minimum absolute atomic E-state index is 0.0861. The molecule has 21 heavy (non-hydrogen) atoms. The van der Waals surface area contributed by atoms with Crippen molar-refractivity contribution in [1.82, 2.24) is 9.71 Å². The molecule has 0 bridgehead atoms. The quantitative estimate of drug-likeness (QED) is 0.862. The van der Waals surface area contributed by atoms with Gasteiger partial charge >= 0.3 is 0 Å². The highest BCUT2D eigenvalue weighted by molar-refractivity contribution is 9.10. The lowest BCUT2D eigenvalue weighted by Gasteiger charge is -2.15. The van der Waals surface area contributed by atoms with Gasteiger partial charge < -0.3 is 5.73 Å². The van der Waals surface area contributed by atoms with Gasteiger partial charge in [0.15, 0.2) is 0 Å². The van der Waals surface area contributed by atoms with Crippen LogP contribution < -0.4 is 10.5 Å². The van der Waals surface area contributed by atoms with Crippen LogP contribution >= 0.6 is 15.9 Å². The number of nitrogens with zero attached hydrogens (tertiary/aromatic N) is 1. The lowest BCUT2D eigenvalue weighted by atomic mass is 10.1. The average molecular weight is 374 g/mol. The summed E-state index contributed by atoms with van der Waals surface area (Å²) in [5, 5.41) is 0. The van der Waals surface area contributed by atoms with Gasteiger partial charge in [-0.25, -0.2) is 22.5 Å². The Balaban J connectivity index is 2.28. The number of rotatable bonds is 4. The first kappa shape index (κ1) is 15.9. The van der Waals surface area contributed by atoms with E-state index in [9.17, 15) is 12.8 Å². The molecule has 0 saturated heterocycles. The van der Waals surface area contributed by atoms with Crippen molar-refractivity contribution in [2.75, 3.05) is 5.73 Å². The number of anilines is 1. The third-order valence-electron chi connectivity index (χ3n) is 2.84. The number of aromatic nitrogens is 1. The van der Waals surface area contributed by atoms with Crippen molar-refractivity contribution in [3.05, 3.63) is 52.4 Å². The highest BCUT2D eigenvalue weighted by Crippen LogP contribution is 2.23. The summed E-state index contributed by atoms with van der Waals surface area (Å²) in [6.07, 6.45) is 1.41. The van der Waals surface area contributed by atoms with Crippen LogP contribution in [0.15, 0.2) is 45.9 Å². The van der Waals surface area contributed by atoms with Crippen LogP contribution in [0.3, 0.4) is 0 Å². The van der Waals surface area contributed by atoms with Gasteiger partial charge in [0.2, 0.25) is 10.0 Å². The van der Waals surface area contributed by atoms with Crippen LogP contribution in [-0.4, -0.2) is 13.4 Å². The number of hydrogen-bond donors (Lipinski definition) is 2. The van der Waals surface area contributed by atoms with E-state index in [-0.39, 0.29) is 16.5 Å². The normalized spacial score (nSPS) is 13.1. The van der Waals surface area contributed by atoms with Gasteiger partial charge in [-0.1, -0.05) is 12.1 Å². The summed E-state index contributed by atoms with van der Waals surface area (Å²) in [5.41, 5.74) is 6.25. The number of nitrogens with two attached hydrogens (primary N) is 1. The van der Waals surface area contributed by atoms with Gasteiger partial charge in [0.05, 0.1) is 0 Å². The van der Waals surface area contributed by atoms with Crippen molar-refractivity contribution >= 4 is 31.8 Å². The van der Waals surface area contributed by atoms with Gasteiger partial charge in [0.1, 0.15) is 16.5 Å². The number of nitrogen functional groups attached to an aromatic ring is 1. The molecule has 0 radical (unpaired) electrons. The Morgan fingerprint density at radius 2 is 1.95 bits per heavy atom. The Kier molecular flexibility index (Phi) is 4.60. The Hall–Kier alpha value is -1.51. The van der Waals surface area contributed by atoms with Crippen LogP contribution in [-0.2, 0) is 10.0 Å². The van der Waals surface area contributed by atoms with Crippen LogP contribution in [0.25, 0.3) is 0 Å². The fourth-order valence-corrected chi connectivity index (χ4v) is 3.58. The Morgan fingerprint density at radius 3 is 2.57 bits per heavy atom. The number of nitrogens with one attached hydrogen (secondary N) is 1. The minimum atomic E-state index is -3.83. The van der Waals surface area contributed by atoms with Crippen LogP contribution in [0.1, 0.15) is 18.5 Å². The molecule has 3 N–H and O–H groups in total. The molecule has 112 valence electrons. The Bertz CT molecular complexity index is 751. The van der Waals surface area contributed by atoms with Crippen molar-refractivity contribution in [3.8, 4) is 0 Å². The van der Waals surface area contributed by atoms with E-state index in [1.165, 1.54) is 36.5 Å². The summed E-state index contributed by atoms with van der Waals surface area (Å²) in [6.45, 7) is 1.66. The van der Waals surface area contributed by atoms with Gasteiger partial charge in [0.25, 0.3) is 0 Å². The van der Waals surface area contributed by atoms with E-state index >= 15 is 0 Å². The Labute approximate surface area is 130 Å². The molecular weight excluding hydrogens is 361 g/mol. The standard InChI is InChI=1S/C13H13BrFN3O2S/c1-8(9-2-4-11(15)5-3-9)18-21(19,20)12-6-10(14)7-17-13(12)16/h2-8,18H,1H3,(H2,16,17). The molecule has 0 fully saturated rings. The van der Waals surface area contributed by atoms with Gasteiger partial charge in [-0.15, -0.1) is 0 Å². The van der Waals surface area contributed by atoms with E-state index in [0.29, 0.717) is 10.0 Å². The molecule has 1 atom stereocenters. The van der Waals surface area contributed by atoms with Crippen LogP contribution in [0, 0.1) is 5.82 Å². The van der Waals surface area contributed by atoms with Gasteiger partial charge in [-0.2, -0.15) is 0 Å². The summed E-state index contributed by atoms with van der Waals surface area (Å²) in [6, 6.07) is 6.43. The lowest BCUT2D eigenvalue weighted by molar-refractivity contribution is 0.566. The van der Waals surface area contributed by atoms with E-state index in [0.717, 1.165) is 0 Å². The molecule has 1 unspecified atom stereocenters. The zero-order valence-corrected chi connectivity index (χ0v) is 13.4. The molecule has 0 saturated carbocycles. The number of halogens is 2. The summed E-state index contributed by atoms with van der Waals surface area (Å²) < 4.78 is 40.5. The van der Waals surface area contributed by atoms with E-state index < -0.39 is 16.1 Å². The largest absolute Gasteiger partial charge is 0.383 e. The first-order valence-corrected chi connectivity index (χ1v) is 8.26. The smallest absolute Gasteiger partial charge is 0.244 e. The first-order chi connectivity index (χ1) is 9.79. The van der Waals surface area contributed by atoms with Crippen molar-refractivity contribution in [1.29, 1.82) is 0 Å². The maximum absolute atomic E-state index is 12.9. The van der Waals surface area contributed by atoms with E-state index in [1.807, 2.05) is 0 Å². The Morgan fingerprint density at radius 1 is 1.33 bits per heavy atom. The zero-order chi connectivity index (χ0) is 15.6. The molecule has 1 aromatic heterocycles. The summed E-state index contributed by atoms with van der Waals surface area (Å²) in [5.74, 6) is -0.466. The molecule has 0 spiro atoms. The molecule has 0 aliphatic rings. The average Bonchev–Trinajstić information content (AvgIpc) is 2.41. The highest BCUT2D eigenvalue weighted by Gasteiger charge is 2.22. The molecule has 8 heteroatoms. The van der Waals surface area contributed by atoms with Crippen molar-refractivity contribution in [2.45, 2.75) is 17.9 Å². The molecule has 0 amide bonds. The summed E-state index contributed by atoms with van der Waals surface area (Å²) in [7, 11) is -3.83. The monoisotopic (exact) mass is 373 g/mol. The molecule has 0 aliphatic heterocycles. The summed E-state index contributed by atoms with van der Waals surface area (Å²) in [4.78, 5) is 3.69. The molecule has 5 nitrogen and oxygen atoms in total. The van der Waals surface area contributed by atoms with Crippen molar-refractivity contribution in [2.24, 2.45) is 0 Å². The van der Waals surface area contributed by atoms with E-state index in [4.69, 9.17) is 5.73 Å². The third-order valence-corrected chi connectivity index (χ3v) is 4.84. The number of sulfonamides is 1. The maximum Gasteiger partial charge on any atom is 0.244 e. The molecule has 1 heterocycles. The van der Waals surface area contributed by atoms with Gasteiger partial charge in [0, 0.05) is 16.7 Å². The topological polar surface area (TPSA) is 85.1 Å². The highest BCUT2D eigenvalue weighted by atomic mass is 79.9. The number of benzene rings is 1. The maximum atomic E-state index is 12.9. The van der Waals surface area contributed by atoms with Crippen LogP contribution in [0.4, 0.5) is 10.2 Å². The van der Waals surface area contributed by atoms with E-state index in [2.05, 4.69) is 25.6 Å². The molecule has 0 aliphatic carbocycles. The van der Waals surface area contributed by atoms with Crippen LogP contribution in [0.2, 0.25) is 0 Å². The predicted octanol–water partition coefficient (Wildman–Crippen LogP) is 2.60. The SMILES string of the molecule is CC(NS(=O)(=O)c1cc(Br)cnc1N)c1ccc(F)cc1. The first-order valence-electron chi connectivity index (χ1n) is 5.98. The fraction of sp³-hybridized carbons (Fsp3) is 0.154. The van der Waals surface area contributed by atoms with E-state index in [1.54, 1.807) is 6.92 Å². The number of pyridine rings is 1. The van der Waals surface area contributed by atoms with Crippen LogP contribution in [0.5, 0.6) is 0 Å². The minimum Gasteiger partial charge on any atom is -0.383 e. The number of hydrogen-bond acceptors (Lipinski definition) is 4. The van der Waals surface area contributed by atoms with Gasteiger partial charge in [-0.3, -0.25) is 0 Å². The second-order valence-corrected chi connectivity index (χ2v) is 7.03. The molecule has 1 aromatic carbocycles. The van der Waals surface area contributed by atoms with Gasteiger partial charge in [-0.05, 0) is 46.6 Å². The molecule has 2 rings (SSSR count). The van der Waals surface area contributed by atoms with Crippen molar-refractivity contribution < 1.29 is 12.8 Å². The second kappa shape index (κ2) is 6.08. The molecular formula is C13H13BrFN3O2S.